The molecule has 0 spiro atoms. The number of aromatic nitrogens is 6. The molecule has 18 heteroatoms. The van der Waals surface area contributed by atoms with Crippen molar-refractivity contribution in [3.8, 4) is 0 Å². The van der Waals surface area contributed by atoms with Crippen molar-refractivity contribution in [2.24, 2.45) is 22.7 Å². The third-order valence-corrected chi connectivity index (χ3v) is 21.2. The highest BCUT2D eigenvalue weighted by Gasteiger charge is 2.46. The third-order valence-electron chi connectivity index (χ3n) is 20.7. The number of ether oxygens (including phenoxy) is 2. The van der Waals surface area contributed by atoms with E-state index in [1.54, 1.807) is 19.8 Å². The lowest BCUT2D eigenvalue weighted by Gasteiger charge is -2.48. The van der Waals surface area contributed by atoms with Crippen LogP contribution in [-0.4, -0.2) is 151 Å². The van der Waals surface area contributed by atoms with E-state index >= 15 is 0 Å². The highest BCUT2D eigenvalue weighted by Crippen LogP contribution is 2.49. The lowest BCUT2D eigenvalue weighted by atomic mass is 9.63. The molecule has 3 saturated heterocycles. The SMILES string of the molecule is COCCOC1CCC(N[C@H](Cc2ccc(Cl)cc2)C(=O)N2CCC(Cn3cncn3)(C3CCCCC3)CC2)CC1.O=C([C@@H](Cc1ccc(Cl)cc1)N[C@H]1CC[C@H](N2CCCC2=O)CC1)N1CCC(Cn2cncn2)(C2CCCCC2)CC1. The van der Waals surface area contributed by atoms with Gasteiger partial charge in [-0.3, -0.25) is 23.7 Å². The molecular weight excluding hydrogens is 1090 g/mol. The van der Waals surface area contributed by atoms with Crippen molar-refractivity contribution in [2.45, 2.75) is 216 Å². The van der Waals surface area contributed by atoms with Crippen molar-refractivity contribution in [2.75, 3.05) is 53.0 Å². The van der Waals surface area contributed by atoms with Gasteiger partial charge in [-0.2, -0.15) is 10.2 Å². The number of hydrogen-bond acceptors (Lipinski definition) is 11. The topological polar surface area (TPSA) is 165 Å². The van der Waals surface area contributed by atoms with Crippen LogP contribution in [-0.2, 0) is 49.8 Å². The standard InChI is InChI=1S/C33H47ClN6O2.C32H48ClN5O3/c34-27-10-8-25(9-11-27)21-30(37-28-12-14-29(15-13-28)40-18-4-7-31(40)41)32(42)38-19-16-33(17-20-38,22-39-24-35-23-36-39)26-5-2-1-3-6-26;1-40-19-20-41-29-13-11-28(12-14-29)36-30(21-25-7-9-27(33)10-8-25)31(39)37-17-15-32(16-18-37,22-38-24-34-23-35-38)26-5-3-2-4-6-26/h8-11,23-24,26,28-30,37H,1-7,12-22H2;7-10,23-24,26,28-30,36H,2-6,11-22H2,1H3/t28-,29-,30-;28?,29?,30-/m11/s1. The summed E-state index contributed by atoms with van der Waals surface area (Å²) < 4.78 is 15.2. The normalized spacial score (nSPS) is 25.1. The Morgan fingerprint density at radius 3 is 1.42 bits per heavy atom. The smallest absolute Gasteiger partial charge is 0.240 e. The minimum atomic E-state index is -0.265. The molecule has 5 heterocycles. The highest BCUT2D eigenvalue weighted by molar-refractivity contribution is 6.30. The number of carbonyl (C=O) groups is 3. The quantitative estimate of drug-likeness (QED) is 0.0763. The number of halogens is 2. The van der Waals surface area contributed by atoms with Crippen molar-refractivity contribution in [1.82, 2.24) is 54.9 Å². The van der Waals surface area contributed by atoms with Crippen LogP contribution < -0.4 is 10.6 Å². The van der Waals surface area contributed by atoms with E-state index in [1.807, 2.05) is 70.5 Å². The monoisotopic (exact) mass is 1180 g/mol. The van der Waals surface area contributed by atoms with Gasteiger partial charge in [0.25, 0.3) is 0 Å². The lowest BCUT2D eigenvalue weighted by molar-refractivity contribution is -0.138. The van der Waals surface area contributed by atoms with Crippen LogP contribution in [0.1, 0.15) is 165 Å². The molecule has 4 aromatic rings. The molecule has 454 valence electrons. The maximum absolute atomic E-state index is 14.2. The average molecular weight is 1180 g/mol. The molecule has 3 amide bonds. The molecule has 83 heavy (non-hydrogen) atoms. The van der Waals surface area contributed by atoms with E-state index in [0.717, 1.165) is 145 Å². The van der Waals surface area contributed by atoms with Crippen LogP contribution in [0, 0.1) is 22.7 Å². The van der Waals surface area contributed by atoms with Gasteiger partial charge in [0.1, 0.15) is 25.3 Å². The van der Waals surface area contributed by atoms with Crippen molar-refractivity contribution in [1.29, 1.82) is 0 Å². The minimum absolute atomic E-state index is 0.176. The van der Waals surface area contributed by atoms with Gasteiger partial charge in [-0.1, -0.05) is 86.0 Å². The molecular formula is C65H95Cl2N11O5. The summed E-state index contributed by atoms with van der Waals surface area (Å²) in [6.07, 6.45) is 35.6. The number of likely N-dealkylation sites (tertiary alicyclic amines) is 3. The molecule has 3 aliphatic heterocycles. The number of piperidine rings is 2. The van der Waals surface area contributed by atoms with Gasteiger partial charge in [0, 0.05) is 87.5 Å². The van der Waals surface area contributed by atoms with Crippen molar-refractivity contribution < 1.29 is 23.9 Å². The zero-order valence-corrected chi connectivity index (χ0v) is 51.1. The number of benzene rings is 2. The second-order valence-electron chi connectivity index (χ2n) is 25.9. The predicted octanol–water partition coefficient (Wildman–Crippen LogP) is 10.6. The molecule has 0 unspecified atom stereocenters. The molecule has 7 aliphatic rings. The first-order valence-electron chi connectivity index (χ1n) is 32.2. The van der Waals surface area contributed by atoms with Crippen LogP contribution in [0.4, 0.5) is 0 Å². The van der Waals surface area contributed by atoms with E-state index in [4.69, 9.17) is 32.7 Å². The molecule has 0 radical (unpaired) electrons. The van der Waals surface area contributed by atoms with Gasteiger partial charge < -0.3 is 34.8 Å². The van der Waals surface area contributed by atoms with E-state index in [-0.39, 0.29) is 40.8 Å². The summed E-state index contributed by atoms with van der Waals surface area (Å²) in [6, 6.07) is 16.3. The largest absolute Gasteiger partial charge is 0.382 e. The van der Waals surface area contributed by atoms with Gasteiger partial charge in [-0.05, 0) is 180 Å². The number of hydrogen-bond donors (Lipinski definition) is 2. The summed E-state index contributed by atoms with van der Waals surface area (Å²) in [7, 11) is 1.71. The molecule has 2 N–H and O–H groups in total. The number of carbonyl (C=O) groups excluding carboxylic acids is 3. The summed E-state index contributed by atoms with van der Waals surface area (Å²) >= 11 is 12.3. The average Bonchev–Trinajstić information content (AvgIpc) is 4.44. The highest BCUT2D eigenvalue weighted by atomic mass is 35.5. The Bertz CT molecular complexity index is 2560. The summed E-state index contributed by atoms with van der Waals surface area (Å²) in [4.78, 5) is 55.5. The number of nitrogens with zero attached hydrogens (tertiary/aromatic N) is 9. The maximum atomic E-state index is 14.2. The Hall–Kier alpha value is -4.45. The lowest BCUT2D eigenvalue weighted by Crippen LogP contribution is -2.56. The predicted molar refractivity (Wildman–Crippen MR) is 325 cm³/mol. The molecule has 16 nitrogen and oxygen atoms in total. The summed E-state index contributed by atoms with van der Waals surface area (Å²) in [5, 5.41) is 18.0. The molecule has 0 bridgehead atoms. The van der Waals surface area contributed by atoms with Crippen LogP contribution in [0.15, 0.2) is 73.8 Å². The maximum Gasteiger partial charge on any atom is 0.240 e. The van der Waals surface area contributed by atoms with Gasteiger partial charge in [0.15, 0.2) is 0 Å². The molecule has 2 aromatic heterocycles. The zero-order valence-electron chi connectivity index (χ0n) is 49.6. The molecule has 11 rings (SSSR count). The fourth-order valence-corrected chi connectivity index (χ4v) is 16.2. The second kappa shape index (κ2) is 30.3. The minimum Gasteiger partial charge on any atom is -0.382 e. The van der Waals surface area contributed by atoms with E-state index < -0.39 is 0 Å². The van der Waals surface area contributed by atoms with E-state index in [1.165, 1.54) is 64.2 Å². The fourth-order valence-electron chi connectivity index (χ4n) is 15.9. The van der Waals surface area contributed by atoms with Crippen molar-refractivity contribution in [3.63, 3.8) is 0 Å². The van der Waals surface area contributed by atoms with Crippen molar-refractivity contribution >= 4 is 40.9 Å². The second-order valence-corrected chi connectivity index (χ2v) is 26.7. The van der Waals surface area contributed by atoms with E-state index in [0.29, 0.717) is 73.4 Å². The van der Waals surface area contributed by atoms with Gasteiger partial charge in [0.2, 0.25) is 17.7 Å². The van der Waals surface area contributed by atoms with Gasteiger partial charge in [0.05, 0.1) is 31.4 Å². The Morgan fingerprint density at radius 2 is 1.02 bits per heavy atom. The third kappa shape index (κ3) is 16.8. The molecule has 4 saturated carbocycles. The summed E-state index contributed by atoms with van der Waals surface area (Å²) in [5.74, 6) is 2.16. The number of amides is 3. The van der Waals surface area contributed by atoms with Gasteiger partial charge in [-0.15, -0.1) is 0 Å². The van der Waals surface area contributed by atoms with Gasteiger partial charge in [-0.25, -0.2) is 9.97 Å². The van der Waals surface area contributed by atoms with Crippen LogP contribution in [0.2, 0.25) is 10.0 Å². The number of rotatable bonds is 21. The summed E-state index contributed by atoms with van der Waals surface area (Å²) in [5.41, 5.74) is 2.62. The van der Waals surface area contributed by atoms with Gasteiger partial charge >= 0.3 is 0 Å². The first kappa shape index (κ1) is 61.6. The van der Waals surface area contributed by atoms with Crippen molar-refractivity contribution in [3.05, 3.63) is 95.0 Å². The Labute approximate surface area is 504 Å². The van der Waals surface area contributed by atoms with Crippen LogP contribution in [0.3, 0.4) is 0 Å². The number of methoxy groups -OCH3 is 1. The van der Waals surface area contributed by atoms with E-state index in [9.17, 15) is 14.4 Å². The summed E-state index contributed by atoms with van der Waals surface area (Å²) in [6.45, 7) is 7.20. The first-order valence-corrected chi connectivity index (χ1v) is 32.9. The Kier molecular flexibility index (Phi) is 22.5. The van der Waals surface area contributed by atoms with Crippen LogP contribution in [0.25, 0.3) is 0 Å². The molecule has 2 aromatic carbocycles. The fraction of sp³-hybridized carbons (Fsp3) is 0.708. The van der Waals surface area contributed by atoms with Crippen LogP contribution >= 0.6 is 23.2 Å². The Balaban J connectivity index is 0.000000185. The molecule has 7 fully saturated rings. The first-order chi connectivity index (χ1) is 40.5. The Morgan fingerprint density at radius 1 is 0.578 bits per heavy atom. The van der Waals surface area contributed by atoms with E-state index in [2.05, 4.69) is 45.5 Å². The molecule has 2 atom stereocenters. The molecule has 4 aliphatic carbocycles. The zero-order chi connectivity index (χ0) is 57.4. The van der Waals surface area contributed by atoms with Crippen LogP contribution in [0.5, 0.6) is 0 Å². The number of nitrogens with one attached hydrogen (secondary N) is 2.